The number of carbonyl (C=O) groups excluding carboxylic acids is 1. The van der Waals surface area contributed by atoms with Crippen molar-refractivity contribution in [1.29, 1.82) is 0 Å². The molecule has 0 aromatic heterocycles. The summed E-state index contributed by atoms with van der Waals surface area (Å²) >= 11 is 0. The van der Waals surface area contributed by atoms with Crippen molar-refractivity contribution >= 4 is 17.7 Å². The Morgan fingerprint density at radius 2 is 1.76 bits per heavy atom. The zero-order chi connectivity index (χ0) is 16.0. The molecule has 21 heavy (non-hydrogen) atoms. The summed E-state index contributed by atoms with van der Waals surface area (Å²) in [6, 6.07) is 3.19. The summed E-state index contributed by atoms with van der Waals surface area (Å²) in [6.45, 7) is 8.18. The molecule has 1 saturated carbocycles. The maximum atomic E-state index is 13.5. The van der Waals surface area contributed by atoms with Crippen LogP contribution < -0.4 is 10.6 Å². The number of carboxylic acid groups (broad SMARTS) is 1. The third-order valence-electron chi connectivity index (χ3n) is 4.77. The number of halogens is 1. The van der Waals surface area contributed by atoms with Gasteiger partial charge in [0.15, 0.2) is 0 Å². The molecule has 0 radical (unpaired) electrons. The number of benzene rings is 1. The number of hydrogen-bond acceptors (Lipinski definition) is 2. The molecule has 1 aliphatic rings. The Morgan fingerprint density at radius 3 is 2.24 bits per heavy atom. The molecule has 2 amide bonds. The van der Waals surface area contributed by atoms with E-state index in [-0.39, 0.29) is 22.6 Å². The van der Waals surface area contributed by atoms with E-state index < -0.39 is 23.4 Å². The van der Waals surface area contributed by atoms with Crippen molar-refractivity contribution in [3.05, 3.63) is 29.6 Å². The van der Waals surface area contributed by atoms with Gasteiger partial charge in [-0.1, -0.05) is 33.8 Å². The molecular formula is C15H19FN2O3. The van der Waals surface area contributed by atoms with E-state index in [1.165, 1.54) is 12.1 Å². The van der Waals surface area contributed by atoms with E-state index >= 15 is 0 Å². The zero-order valence-corrected chi connectivity index (χ0v) is 12.5. The Balaban J connectivity index is 2.12. The van der Waals surface area contributed by atoms with Crippen molar-refractivity contribution in [1.82, 2.24) is 5.32 Å². The fraction of sp³-hybridized carbons (Fsp3) is 0.467. The highest BCUT2D eigenvalue weighted by molar-refractivity contribution is 6.00. The molecule has 1 aliphatic carbocycles. The first kappa shape index (κ1) is 15.3. The summed E-state index contributed by atoms with van der Waals surface area (Å²) in [7, 11) is 0. The fourth-order valence-electron chi connectivity index (χ4n) is 2.69. The van der Waals surface area contributed by atoms with Gasteiger partial charge in [-0.05, 0) is 23.0 Å². The maximum absolute atomic E-state index is 13.5. The molecule has 114 valence electrons. The summed E-state index contributed by atoms with van der Waals surface area (Å²) in [6.07, 6.45) is 0. The highest BCUT2D eigenvalue weighted by Crippen LogP contribution is 2.62. The summed E-state index contributed by atoms with van der Waals surface area (Å²) < 4.78 is 13.5. The van der Waals surface area contributed by atoms with Crippen LogP contribution in [0, 0.1) is 16.6 Å². The molecule has 2 rings (SSSR count). The summed E-state index contributed by atoms with van der Waals surface area (Å²) in [5.74, 6) is -2.30. The number of nitrogens with one attached hydrogen (secondary N) is 2. The van der Waals surface area contributed by atoms with Gasteiger partial charge in [0, 0.05) is 6.04 Å². The van der Waals surface area contributed by atoms with Crippen molar-refractivity contribution < 1.29 is 19.1 Å². The van der Waals surface area contributed by atoms with Crippen molar-refractivity contribution in [2.24, 2.45) is 10.8 Å². The minimum Gasteiger partial charge on any atom is -0.478 e. The standard InChI is InChI=1S/C15H19FN2O3/c1-14(2)12(15(14,3)4)18-13(21)17-9-7-5-6-8(16)10(9)11(19)20/h5-7,12H,1-4H3,(H,19,20)(H2,17,18,21). The van der Waals surface area contributed by atoms with E-state index in [0.29, 0.717) is 0 Å². The number of carboxylic acids is 1. The molecule has 1 aromatic carbocycles. The van der Waals surface area contributed by atoms with Gasteiger partial charge in [-0.3, -0.25) is 0 Å². The topological polar surface area (TPSA) is 78.4 Å². The average molecular weight is 294 g/mol. The molecule has 0 heterocycles. The number of hydrogen-bond donors (Lipinski definition) is 3. The Bertz CT molecular complexity index is 597. The van der Waals surface area contributed by atoms with E-state index in [9.17, 15) is 14.0 Å². The number of urea groups is 1. The first-order chi connectivity index (χ1) is 9.59. The number of aromatic carboxylic acids is 1. The van der Waals surface area contributed by atoms with Gasteiger partial charge < -0.3 is 15.7 Å². The molecule has 1 fully saturated rings. The molecular weight excluding hydrogens is 275 g/mol. The molecule has 6 heteroatoms. The van der Waals surface area contributed by atoms with E-state index in [2.05, 4.69) is 10.6 Å². The number of rotatable bonds is 3. The van der Waals surface area contributed by atoms with Crippen molar-refractivity contribution in [3.63, 3.8) is 0 Å². The normalized spacial score (nSPS) is 18.9. The molecule has 5 nitrogen and oxygen atoms in total. The van der Waals surface area contributed by atoms with Gasteiger partial charge in [0.05, 0.1) is 5.69 Å². The maximum Gasteiger partial charge on any atom is 0.340 e. The predicted molar refractivity (Wildman–Crippen MR) is 76.9 cm³/mol. The zero-order valence-electron chi connectivity index (χ0n) is 12.5. The first-order valence-electron chi connectivity index (χ1n) is 6.68. The third-order valence-corrected chi connectivity index (χ3v) is 4.77. The minimum atomic E-state index is -1.42. The van der Waals surface area contributed by atoms with Gasteiger partial charge >= 0.3 is 12.0 Å². The van der Waals surface area contributed by atoms with Crippen molar-refractivity contribution in [2.75, 3.05) is 5.32 Å². The van der Waals surface area contributed by atoms with E-state index in [4.69, 9.17) is 5.11 Å². The summed E-state index contributed by atoms with van der Waals surface area (Å²) in [4.78, 5) is 23.0. The van der Waals surface area contributed by atoms with Gasteiger partial charge in [-0.2, -0.15) is 0 Å². The van der Waals surface area contributed by atoms with Crippen LogP contribution in [0.25, 0.3) is 0 Å². The van der Waals surface area contributed by atoms with Crippen LogP contribution in [0.15, 0.2) is 18.2 Å². The molecule has 1 aromatic rings. The second-order valence-electron chi connectivity index (χ2n) is 6.44. The first-order valence-corrected chi connectivity index (χ1v) is 6.68. The molecule has 0 aliphatic heterocycles. The van der Waals surface area contributed by atoms with Crippen LogP contribution in [0.1, 0.15) is 38.1 Å². The monoisotopic (exact) mass is 294 g/mol. The van der Waals surface area contributed by atoms with E-state index in [1.807, 2.05) is 27.7 Å². The molecule has 0 saturated heterocycles. The van der Waals surface area contributed by atoms with Crippen LogP contribution in [0.4, 0.5) is 14.9 Å². The lowest BCUT2D eigenvalue weighted by molar-refractivity contribution is 0.0693. The fourth-order valence-corrected chi connectivity index (χ4v) is 2.69. The van der Waals surface area contributed by atoms with Gasteiger partial charge in [0.1, 0.15) is 11.4 Å². The highest BCUT2D eigenvalue weighted by Gasteiger charge is 2.65. The van der Waals surface area contributed by atoms with E-state index in [1.54, 1.807) is 0 Å². The Labute approximate surface area is 122 Å². The molecule has 0 unspecified atom stereocenters. The van der Waals surface area contributed by atoms with Crippen LogP contribution in [0.5, 0.6) is 0 Å². The van der Waals surface area contributed by atoms with Gasteiger partial charge in [-0.25, -0.2) is 14.0 Å². The predicted octanol–water partition coefficient (Wildman–Crippen LogP) is 3.08. The third kappa shape index (κ3) is 2.46. The lowest BCUT2D eigenvalue weighted by Crippen LogP contribution is -2.34. The summed E-state index contributed by atoms with van der Waals surface area (Å²) in [5, 5.41) is 14.2. The minimum absolute atomic E-state index is 0.0214. The van der Waals surface area contributed by atoms with Gasteiger partial charge in [-0.15, -0.1) is 0 Å². The average Bonchev–Trinajstić information content (AvgIpc) is 2.71. The smallest absolute Gasteiger partial charge is 0.340 e. The molecule has 0 atom stereocenters. The van der Waals surface area contributed by atoms with Crippen LogP contribution >= 0.6 is 0 Å². The highest BCUT2D eigenvalue weighted by atomic mass is 19.1. The van der Waals surface area contributed by atoms with Crippen LogP contribution in [-0.2, 0) is 0 Å². The van der Waals surface area contributed by atoms with Gasteiger partial charge in [0.2, 0.25) is 0 Å². The summed E-state index contributed by atoms with van der Waals surface area (Å²) in [5.41, 5.74) is -0.678. The van der Waals surface area contributed by atoms with Crippen molar-refractivity contribution in [3.8, 4) is 0 Å². The number of amides is 2. The Hall–Kier alpha value is -2.11. The quantitative estimate of drug-likeness (QED) is 0.801. The van der Waals surface area contributed by atoms with Crippen molar-refractivity contribution in [2.45, 2.75) is 33.7 Å². The number of carbonyl (C=O) groups is 2. The Kier molecular flexibility index (Phi) is 3.43. The van der Waals surface area contributed by atoms with Crippen LogP contribution in [-0.4, -0.2) is 23.1 Å². The molecule has 0 bridgehead atoms. The molecule has 3 N–H and O–H groups in total. The Morgan fingerprint density at radius 1 is 1.19 bits per heavy atom. The van der Waals surface area contributed by atoms with E-state index in [0.717, 1.165) is 6.07 Å². The second kappa shape index (κ2) is 4.72. The number of anilines is 1. The van der Waals surface area contributed by atoms with Gasteiger partial charge in [0.25, 0.3) is 0 Å². The second-order valence-corrected chi connectivity index (χ2v) is 6.44. The SMILES string of the molecule is CC1(C)C(NC(=O)Nc2cccc(F)c2C(=O)O)C1(C)C. The largest absolute Gasteiger partial charge is 0.478 e. The lowest BCUT2D eigenvalue weighted by Gasteiger charge is -2.11. The lowest BCUT2D eigenvalue weighted by atomic mass is 10.0. The van der Waals surface area contributed by atoms with Crippen LogP contribution in [0.2, 0.25) is 0 Å². The molecule has 0 spiro atoms. The van der Waals surface area contributed by atoms with Crippen LogP contribution in [0.3, 0.4) is 0 Å².